The minimum Gasteiger partial charge on any atom is -0.309 e. The first-order valence-electron chi connectivity index (χ1n) is 24.2. The fraction of sp³-hybridized carbons (Fsp3) is 0.0294. The monoisotopic (exact) mass is 873 g/mol. The Morgan fingerprint density at radius 1 is 0.246 bits per heavy atom. The van der Waals surface area contributed by atoms with Gasteiger partial charge in [0.05, 0.1) is 22.2 Å². The van der Waals surface area contributed by atoms with Gasteiger partial charge in [-0.25, -0.2) is 0 Å². The van der Waals surface area contributed by atoms with E-state index in [1.165, 1.54) is 110 Å². The van der Waals surface area contributed by atoms with Gasteiger partial charge in [0.15, 0.2) is 0 Å². The van der Waals surface area contributed by atoms with Crippen LogP contribution in [0.25, 0.3) is 65.7 Å². The van der Waals surface area contributed by atoms with E-state index in [0.717, 1.165) is 17.1 Å². The maximum absolute atomic E-state index is 2.64. The number of benzene rings is 12. The maximum Gasteiger partial charge on any atom is 0.0734 e. The summed E-state index contributed by atoms with van der Waals surface area (Å²) in [5.41, 5.74) is 20.3. The second-order valence-corrected chi connectivity index (χ2v) is 19.0. The van der Waals surface area contributed by atoms with Crippen molar-refractivity contribution in [2.45, 2.75) is 10.8 Å². The van der Waals surface area contributed by atoms with Gasteiger partial charge in [-0.15, -0.1) is 0 Å². The molecule has 0 aromatic heterocycles. The van der Waals surface area contributed by atoms with E-state index in [9.17, 15) is 0 Å². The van der Waals surface area contributed by atoms with Crippen molar-refractivity contribution in [2.75, 3.05) is 4.90 Å². The van der Waals surface area contributed by atoms with E-state index in [1.54, 1.807) is 0 Å². The highest BCUT2D eigenvalue weighted by Gasteiger charge is 2.53. The third-order valence-electron chi connectivity index (χ3n) is 15.9. The van der Waals surface area contributed by atoms with Crippen LogP contribution in [0.5, 0.6) is 0 Å². The molecule has 1 nitrogen and oxygen atoms in total. The lowest BCUT2D eigenvalue weighted by atomic mass is 9.67. The smallest absolute Gasteiger partial charge is 0.0734 e. The molecule has 0 radical (unpaired) electrons. The Kier molecular flexibility index (Phi) is 7.98. The van der Waals surface area contributed by atoms with Crippen molar-refractivity contribution in [2.24, 2.45) is 0 Å². The fourth-order valence-corrected chi connectivity index (χ4v) is 13.4. The molecule has 1 heteroatoms. The van der Waals surface area contributed by atoms with Crippen LogP contribution in [0.15, 0.2) is 261 Å². The summed E-state index contributed by atoms with van der Waals surface area (Å²) in [6.45, 7) is 0. The van der Waals surface area contributed by atoms with Crippen molar-refractivity contribution in [3.05, 3.63) is 305 Å². The summed E-state index contributed by atoms with van der Waals surface area (Å²) in [6, 6.07) is 98.3. The Balaban J connectivity index is 1.11. The predicted octanol–water partition coefficient (Wildman–Crippen LogP) is 17.3. The van der Waals surface area contributed by atoms with Crippen molar-refractivity contribution >= 4 is 49.4 Å². The first-order valence-corrected chi connectivity index (χ1v) is 24.2. The van der Waals surface area contributed by atoms with E-state index < -0.39 is 10.8 Å². The molecular weight excluding hydrogens is 831 g/mol. The van der Waals surface area contributed by atoms with Gasteiger partial charge in [-0.2, -0.15) is 0 Å². The molecule has 0 saturated carbocycles. The summed E-state index contributed by atoms with van der Waals surface area (Å²) in [5, 5.41) is 7.55. The molecule has 0 heterocycles. The van der Waals surface area contributed by atoms with Crippen LogP contribution in [0, 0.1) is 0 Å². The molecule has 0 amide bonds. The summed E-state index contributed by atoms with van der Waals surface area (Å²) in [5.74, 6) is 0. The molecule has 12 aromatic carbocycles. The molecule has 0 N–H and O–H groups in total. The molecule has 3 aliphatic rings. The number of nitrogens with zero attached hydrogens (tertiary/aromatic N) is 1. The Morgan fingerprint density at radius 2 is 0.638 bits per heavy atom. The minimum absolute atomic E-state index is 0.494. The van der Waals surface area contributed by atoms with Crippen LogP contribution in [0.3, 0.4) is 0 Å². The minimum atomic E-state index is -0.635. The van der Waals surface area contributed by atoms with Crippen molar-refractivity contribution in [3.8, 4) is 33.4 Å². The van der Waals surface area contributed by atoms with Crippen molar-refractivity contribution in [1.29, 1.82) is 0 Å². The van der Waals surface area contributed by atoms with Gasteiger partial charge in [0.25, 0.3) is 0 Å². The topological polar surface area (TPSA) is 3.24 Å². The third kappa shape index (κ3) is 4.93. The van der Waals surface area contributed by atoms with Gasteiger partial charge >= 0.3 is 0 Å². The van der Waals surface area contributed by atoms with Crippen LogP contribution < -0.4 is 4.90 Å². The van der Waals surface area contributed by atoms with E-state index >= 15 is 0 Å². The summed E-state index contributed by atoms with van der Waals surface area (Å²) in [4.78, 5) is 2.64. The standard InChI is InChI=1S/C68H43N/c1-3-21-44(22-4-1)67(45-23-5-2-6-24-45)58-34-15-13-31-54(58)55-33-19-40-64(66(55)67)69(46-41-42-51-49-27-8-7-25-47(49)48-26-9-10-28-50(48)57(51)43-46)63-39-20-38-62-65(63)56-32-14-18-37-61(56)68(62)59-35-16-11-29-52(59)53-30-12-17-36-60(53)68/h1-43H. The highest BCUT2D eigenvalue weighted by molar-refractivity contribution is 6.26. The van der Waals surface area contributed by atoms with Gasteiger partial charge in [-0.3, -0.25) is 0 Å². The molecule has 1 spiro atoms. The molecular formula is C68H43N. The fourth-order valence-electron chi connectivity index (χ4n) is 13.4. The second-order valence-electron chi connectivity index (χ2n) is 19.0. The summed E-state index contributed by atoms with van der Waals surface area (Å²) >= 11 is 0. The van der Waals surface area contributed by atoms with Gasteiger partial charge in [0, 0.05) is 16.8 Å². The highest BCUT2D eigenvalue weighted by atomic mass is 15.2. The zero-order chi connectivity index (χ0) is 45.3. The first kappa shape index (κ1) is 38.3. The van der Waals surface area contributed by atoms with Crippen molar-refractivity contribution < 1.29 is 0 Å². The van der Waals surface area contributed by atoms with Crippen LogP contribution >= 0.6 is 0 Å². The molecule has 0 atom stereocenters. The average Bonchev–Trinajstić information content (AvgIpc) is 4.03. The Morgan fingerprint density at radius 3 is 1.22 bits per heavy atom. The lowest BCUT2D eigenvalue weighted by molar-refractivity contribution is 0.768. The van der Waals surface area contributed by atoms with E-state index in [1.807, 2.05) is 0 Å². The first-order chi connectivity index (χ1) is 34.3. The Labute approximate surface area is 401 Å². The molecule has 15 rings (SSSR count). The number of anilines is 3. The highest BCUT2D eigenvalue weighted by Crippen LogP contribution is 2.66. The largest absolute Gasteiger partial charge is 0.309 e. The van der Waals surface area contributed by atoms with Crippen LogP contribution in [0.1, 0.15) is 44.5 Å². The Hall–Kier alpha value is -8.78. The lowest BCUT2D eigenvalue weighted by Crippen LogP contribution is -2.30. The van der Waals surface area contributed by atoms with E-state index in [2.05, 4.69) is 266 Å². The zero-order valence-electron chi connectivity index (χ0n) is 37.8. The lowest BCUT2D eigenvalue weighted by Gasteiger charge is -2.38. The second kappa shape index (κ2) is 14.4. The average molecular weight is 874 g/mol. The zero-order valence-corrected chi connectivity index (χ0v) is 37.8. The van der Waals surface area contributed by atoms with E-state index in [4.69, 9.17) is 0 Å². The van der Waals surface area contributed by atoms with E-state index in [-0.39, 0.29) is 0 Å². The molecule has 0 saturated heterocycles. The third-order valence-corrected chi connectivity index (χ3v) is 15.9. The number of hydrogen-bond acceptors (Lipinski definition) is 1. The van der Waals surface area contributed by atoms with Crippen LogP contribution in [-0.2, 0) is 10.8 Å². The van der Waals surface area contributed by atoms with E-state index in [0.29, 0.717) is 0 Å². The molecule has 0 unspecified atom stereocenters. The van der Waals surface area contributed by atoms with Crippen LogP contribution in [0.2, 0.25) is 0 Å². The summed E-state index contributed by atoms with van der Waals surface area (Å²) in [6.07, 6.45) is 0. The van der Waals surface area contributed by atoms with Crippen molar-refractivity contribution in [1.82, 2.24) is 0 Å². The number of rotatable bonds is 5. The molecule has 0 aliphatic heterocycles. The molecule has 12 aromatic rings. The maximum atomic E-state index is 2.64. The Bertz CT molecular complexity index is 3970. The normalized spacial score (nSPS) is 14.0. The van der Waals surface area contributed by atoms with Gasteiger partial charge in [-0.1, -0.05) is 237 Å². The quantitative estimate of drug-likeness (QED) is 0.156. The SMILES string of the molecule is c1ccc(C2(c3ccccc3)c3ccccc3-c3cccc(N(c4ccc5c6ccccc6c6ccccc6c5c4)c4cccc5c4-c4ccccc4C54c5ccccc5-c5ccccc54)c32)cc1. The van der Waals surface area contributed by atoms with Crippen LogP contribution in [-0.4, -0.2) is 0 Å². The summed E-state index contributed by atoms with van der Waals surface area (Å²) < 4.78 is 0. The van der Waals surface area contributed by atoms with Gasteiger partial charge in [0.1, 0.15) is 0 Å². The summed E-state index contributed by atoms with van der Waals surface area (Å²) in [7, 11) is 0. The van der Waals surface area contributed by atoms with Crippen LogP contribution in [0.4, 0.5) is 17.1 Å². The number of hydrogen-bond donors (Lipinski definition) is 0. The number of fused-ring (bicyclic) bond motifs is 19. The van der Waals surface area contributed by atoms with Gasteiger partial charge in [-0.05, 0) is 123 Å². The van der Waals surface area contributed by atoms with Gasteiger partial charge in [0.2, 0.25) is 0 Å². The molecule has 69 heavy (non-hydrogen) atoms. The molecule has 320 valence electrons. The molecule has 0 fully saturated rings. The predicted molar refractivity (Wildman–Crippen MR) is 287 cm³/mol. The van der Waals surface area contributed by atoms with Crippen molar-refractivity contribution in [3.63, 3.8) is 0 Å². The molecule has 3 aliphatic carbocycles. The van der Waals surface area contributed by atoms with Gasteiger partial charge < -0.3 is 4.90 Å². The molecule has 0 bridgehead atoms.